The highest BCUT2D eigenvalue weighted by Gasteiger charge is 2.17. The highest BCUT2D eigenvalue weighted by molar-refractivity contribution is 7.90. The number of rotatable bonds is 3. The second-order valence-corrected chi connectivity index (χ2v) is 6.45. The van der Waals surface area contributed by atoms with Crippen molar-refractivity contribution in [3.05, 3.63) is 48.0 Å². The number of nitrogen functional groups attached to an aromatic ring is 1. The van der Waals surface area contributed by atoms with Gasteiger partial charge in [0, 0.05) is 6.26 Å². The lowest BCUT2D eigenvalue weighted by Crippen LogP contribution is -2.15. The van der Waals surface area contributed by atoms with Crippen molar-refractivity contribution in [2.45, 2.75) is 4.90 Å². The van der Waals surface area contributed by atoms with Crippen LogP contribution in [-0.2, 0) is 9.84 Å². The third-order valence-corrected chi connectivity index (χ3v) is 4.00. The summed E-state index contributed by atoms with van der Waals surface area (Å²) in [5, 5.41) is 12.2. The summed E-state index contributed by atoms with van der Waals surface area (Å²) in [4.78, 5) is 12.1. The molecule has 0 saturated carbocycles. The molecule has 4 N–H and O–H groups in total. The third kappa shape index (κ3) is 3.14. The van der Waals surface area contributed by atoms with Crippen molar-refractivity contribution in [3.63, 3.8) is 0 Å². The molecule has 0 heterocycles. The molecule has 2 aromatic carbocycles. The van der Waals surface area contributed by atoms with E-state index in [4.69, 9.17) is 5.73 Å². The number of sulfone groups is 1. The lowest BCUT2D eigenvalue weighted by molar-refractivity contribution is 0.102. The number of nitrogens with one attached hydrogen (secondary N) is 1. The summed E-state index contributed by atoms with van der Waals surface area (Å²) in [5.74, 6) is -0.984. The van der Waals surface area contributed by atoms with Gasteiger partial charge in [-0.2, -0.15) is 0 Å². The lowest BCUT2D eigenvalue weighted by atomic mass is 10.1. The molecular formula is C14H14N2O4S. The molecule has 110 valence electrons. The molecule has 0 atom stereocenters. The van der Waals surface area contributed by atoms with Gasteiger partial charge < -0.3 is 16.2 Å². The number of hydrogen-bond donors (Lipinski definition) is 3. The van der Waals surface area contributed by atoms with Crippen LogP contribution < -0.4 is 11.1 Å². The largest absolute Gasteiger partial charge is 0.505 e. The van der Waals surface area contributed by atoms with Gasteiger partial charge in [0.15, 0.2) is 15.6 Å². The first-order chi connectivity index (χ1) is 9.80. The van der Waals surface area contributed by atoms with Crippen molar-refractivity contribution in [1.29, 1.82) is 0 Å². The van der Waals surface area contributed by atoms with Crippen molar-refractivity contribution < 1.29 is 18.3 Å². The number of benzene rings is 2. The number of phenols is 1. The topological polar surface area (TPSA) is 109 Å². The van der Waals surface area contributed by atoms with Gasteiger partial charge in [-0.3, -0.25) is 4.79 Å². The van der Waals surface area contributed by atoms with Gasteiger partial charge in [-0.1, -0.05) is 18.2 Å². The minimum Gasteiger partial charge on any atom is -0.505 e. The standard InChI is InChI=1S/C14H14N2O4S/c1-21(19,20)12-8-3-2-7-11(12)16-14(18)9-5-4-6-10(15)13(9)17/h2-8,17H,15H2,1H3,(H,16,18). The fourth-order valence-corrected chi connectivity index (χ4v) is 2.67. The van der Waals surface area contributed by atoms with Gasteiger partial charge in [-0.25, -0.2) is 8.42 Å². The number of nitrogens with two attached hydrogens (primary N) is 1. The molecule has 0 bridgehead atoms. The zero-order chi connectivity index (χ0) is 15.6. The zero-order valence-corrected chi connectivity index (χ0v) is 12.0. The average molecular weight is 306 g/mol. The molecule has 21 heavy (non-hydrogen) atoms. The van der Waals surface area contributed by atoms with Gasteiger partial charge >= 0.3 is 0 Å². The molecule has 0 aliphatic rings. The molecular weight excluding hydrogens is 292 g/mol. The molecule has 0 saturated heterocycles. The summed E-state index contributed by atoms with van der Waals surface area (Å²) in [5.41, 5.74) is 5.71. The SMILES string of the molecule is CS(=O)(=O)c1ccccc1NC(=O)c1cccc(N)c1O. The molecule has 0 spiro atoms. The van der Waals surface area contributed by atoms with E-state index >= 15 is 0 Å². The molecule has 0 unspecified atom stereocenters. The third-order valence-electron chi connectivity index (χ3n) is 2.85. The smallest absolute Gasteiger partial charge is 0.259 e. The van der Waals surface area contributed by atoms with Crippen LogP contribution in [0.2, 0.25) is 0 Å². The minimum atomic E-state index is -3.48. The Balaban J connectivity index is 2.40. The van der Waals surface area contributed by atoms with E-state index in [9.17, 15) is 18.3 Å². The van der Waals surface area contributed by atoms with Gasteiger partial charge in [-0.15, -0.1) is 0 Å². The molecule has 2 aromatic rings. The number of aromatic hydroxyl groups is 1. The average Bonchev–Trinajstić information content (AvgIpc) is 2.41. The molecule has 1 amide bonds. The number of hydrogen-bond acceptors (Lipinski definition) is 5. The van der Waals surface area contributed by atoms with E-state index < -0.39 is 15.7 Å². The van der Waals surface area contributed by atoms with Gasteiger partial charge in [0.25, 0.3) is 5.91 Å². The summed E-state index contributed by atoms with van der Waals surface area (Å²) in [6.07, 6.45) is 1.05. The Morgan fingerprint density at radius 1 is 1.14 bits per heavy atom. The van der Waals surface area contributed by atoms with E-state index in [1.807, 2.05) is 0 Å². The van der Waals surface area contributed by atoms with Crippen LogP contribution in [-0.4, -0.2) is 25.7 Å². The maximum Gasteiger partial charge on any atom is 0.259 e. The van der Waals surface area contributed by atoms with Crippen molar-refractivity contribution in [2.24, 2.45) is 0 Å². The Hall–Kier alpha value is -2.54. The Morgan fingerprint density at radius 2 is 1.81 bits per heavy atom. The lowest BCUT2D eigenvalue weighted by Gasteiger charge is -2.11. The highest BCUT2D eigenvalue weighted by Crippen LogP contribution is 2.27. The molecule has 0 fully saturated rings. The maximum absolute atomic E-state index is 12.1. The number of phenolic OH excluding ortho intramolecular Hbond substituents is 1. The number of para-hydroxylation sites is 2. The Labute approximate surface area is 122 Å². The fraction of sp³-hybridized carbons (Fsp3) is 0.0714. The van der Waals surface area contributed by atoms with Crippen molar-refractivity contribution in [3.8, 4) is 5.75 Å². The van der Waals surface area contributed by atoms with Crippen LogP contribution in [0.15, 0.2) is 47.4 Å². The predicted molar refractivity (Wildman–Crippen MR) is 80.0 cm³/mol. The Bertz CT molecular complexity index is 800. The molecule has 7 heteroatoms. The summed E-state index contributed by atoms with van der Waals surface area (Å²) in [7, 11) is -3.48. The van der Waals surface area contributed by atoms with E-state index in [0.717, 1.165) is 6.26 Å². The number of carbonyl (C=O) groups is 1. The van der Waals surface area contributed by atoms with Crippen LogP contribution in [0.3, 0.4) is 0 Å². The van der Waals surface area contributed by atoms with Gasteiger partial charge in [0.1, 0.15) is 0 Å². The van der Waals surface area contributed by atoms with Crippen LogP contribution in [0.25, 0.3) is 0 Å². The summed E-state index contributed by atoms with van der Waals surface area (Å²) in [6, 6.07) is 10.4. The van der Waals surface area contributed by atoms with E-state index in [1.165, 1.54) is 30.3 Å². The monoisotopic (exact) mass is 306 g/mol. The van der Waals surface area contributed by atoms with Crippen molar-refractivity contribution in [1.82, 2.24) is 0 Å². The van der Waals surface area contributed by atoms with Crippen LogP contribution in [0.5, 0.6) is 5.75 Å². The molecule has 6 nitrogen and oxygen atoms in total. The Morgan fingerprint density at radius 3 is 2.48 bits per heavy atom. The van der Waals surface area contributed by atoms with E-state index in [0.29, 0.717) is 0 Å². The summed E-state index contributed by atoms with van der Waals surface area (Å²) < 4.78 is 23.3. The summed E-state index contributed by atoms with van der Waals surface area (Å²) in [6.45, 7) is 0. The van der Waals surface area contributed by atoms with E-state index in [2.05, 4.69) is 5.32 Å². The van der Waals surface area contributed by atoms with Gasteiger partial charge in [0.2, 0.25) is 0 Å². The molecule has 0 aliphatic heterocycles. The van der Waals surface area contributed by atoms with Crippen molar-refractivity contribution in [2.75, 3.05) is 17.3 Å². The highest BCUT2D eigenvalue weighted by atomic mass is 32.2. The first kappa shape index (κ1) is 14.9. The quantitative estimate of drug-likeness (QED) is 0.590. The Kier molecular flexibility index (Phi) is 3.86. The first-order valence-electron chi connectivity index (χ1n) is 5.98. The second-order valence-electron chi connectivity index (χ2n) is 4.47. The normalized spacial score (nSPS) is 11.1. The zero-order valence-electron chi connectivity index (χ0n) is 11.2. The molecule has 0 aliphatic carbocycles. The number of carbonyl (C=O) groups excluding carboxylic acids is 1. The number of anilines is 2. The number of amides is 1. The van der Waals surface area contributed by atoms with Crippen LogP contribution in [0.4, 0.5) is 11.4 Å². The maximum atomic E-state index is 12.1. The van der Waals surface area contributed by atoms with E-state index in [-0.39, 0.29) is 27.6 Å². The predicted octanol–water partition coefficient (Wildman–Crippen LogP) is 1.63. The van der Waals surface area contributed by atoms with Crippen molar-refractivity contribution >= 4 is 27.1 Å². The van der Waals surface area contributed by atoms with E-state index in [1.54, 1.807) is 12.1 Å². The van der Waals surface area contributed by atoms with Gasteiger partial charge in [0.05, 0.1) is 21.8 Å². The molecule has 0 radical (unpaired) electrons. The van der Waals surface area contributed by atoms with Crippen LogP contribution in [0.1, 0.15) is 10.4 Å². The fourth-order valence-electron chi connectivity index (χ4n) is 1.83. The molecule has 0 aromatic heterocycles. The first-order valence-corrected chi connectivity index (χ1v) is 7.87. The van der Waals surface area contributed by atoms with Gasteiger partial charge in [-0.05, 0) is 24.3 Å². The van der Waals surface area contributed by atoms with Crippen LogP contribution >= 0.6 is 0 Å². The minimum absolute atomic E-state index is 0.00161. The second kappa shape index (κ2) is 5.45. The molecule has 2 rings (SSSR count). The van der Waals surface area contributed by atoms with Crippen LogP contribution in [0, 0.1) is 0 Å². The summed E-state index contributed by atoms with van der Waals surface area (Å²) >= 11 is 0.